The molecule has 5 aromatic rings. The molecule has 0 spiro atoms. The molecule has 0 saturated heterocycles. The summed E-state index contributed by atoms with van der Waals surface area (Å²) in [5, 5.41) is 10.6. The maximum absolute atomic E-state index is 13.2. The maximum Gasteiger partial charge on any atom is 0.279 e. The lowest BCUT2D eigenvalue weighted by atomic mass is 10.2. The highest BCUT2D eigenvalue weighted by Gasteiger charge is 2.22. The molecule has 0 aliphatic heterocycles. The van der Waals surface area contributed by atoms with E-state index in [0.717, 1.165) is 10.4 Å². The zero-order valence-corrected chi connectivity index (χ0v) is 21.1. The molecule has 4 heterocycles. The maximum atomic E-state index is 13.2. The molecule has 0 saturated carbocycles. The smallest absolute Gasteiger partial charge is 0.279 e. The molecule has 5 rings (SSSR count). The Hall–Kier alpha value is -4.64. The SMILES string of the molecule is CCOc1cnn(-c2cccs2)c1C(=O)Nc1ccc(Oc2ccnc3cc(OC)c(OC)cc23)cn1. The molecule has 188 valence electrons. The number of anilines is 1. The molecule has 0 fully saturated rings. The first-order valence-electron chi connectivity index (χ1n) is 11.3. The number of methoxy groups -OCH3 is 2. The predicted molar refractivity (Wildman–Crippen MR) is 140 cm³/mol. The van der Waals surface area contributed by atoms with Crippen LogP contribution in [-0.2, 0) is 0 Å². The molecule has 1 aromatic carbocycles. The van der Waals surface area contributed by atoms with Crippen LogP contribution in [0.2, 0.25) is 0 Å². The lowest BCUT2D eigenvalue weighted by Gasteiger charge is -2.12. The molecule has 1 N–H and O–H groups in total. The lowest BCUT2D eigenvalue weighted by Crippen LogP contribution is -2.18. The first-order chi connectivity index (χ1) is 18.1. The summed E-state index contributed by atoms with van der Waals surface area (Å²) in [6.07, 6.45) is 4.72. The molecule has 10 nitrogen and oxygen atoms in total. The Kier molecular flexibility index (Phi) is 6.86. The van der Waals surface area contributed by atoms with Crippen molar-refractivity contribution in [3.8, 4) is 33.7 Å². The molecule has 0 atom stereocenters. The highest BCUT2D eigenvalue weighted by Crippen LogP contribution is 2.37. The minimum atomic E-state index is -0.392. The van der Waals surface area contributed by atoms with Gasteiger partial charge in [0.2, 0.25) is 0 Å². The van der Waals surface area contributed by atoms with Crippen LogP contribution >= 0.6 is 11.3 Å². The van der Waals surface area contributed by atoms with Crippen molar-refractivity contribution in [1.29, 1.82) is 0 Å². The first kappa shape index (κ1) is 24.1. The van der Waals surface area contributed by atoms with Crippen molar-refractivity contribution in [2.75, 3.05) is 26.1 Å². The molecular weight excluding hydrogens is 494 g/mol. The Balaban J connectivity index is 1.37. The van der Waals surface area contributed by atoms with Crippen LogP contribution in [0.1, 0.15) is 17.4 Å². The van der Waals surface area contributed by atoms with Crippen LogP contribution in [0.15, 0.2) is 66.4 Å². The fourth-order valence-corrected chi connectivity index (χ4v) is 4.41. The van der Waals surface area contributed by atoms with E-state index in [-0.39, 0.29) is 0 Å². The minimum absolute atomic E-state index is 0.291. The van der Waals surface area contributed by atoms with Gasteiger partial charge in [0.15, 0.2) is 22.9 Å². The Morgan fingerprint density at radius 1 is 1.00 bits per heavy atom. The van der Waals surface area contributed by atoms with Crippen LogP contribution in [-0.4, -0.2) is 46.5 Å². The number of thiophene rings is 1. The van der Waals surface area contributed by atoms with Crippen LogP contribution in [0.5, 0.6) is 28.7 Å². The van der Waals surface area contributed by atoms with Crippen molar-refractivity contribution in [3.05, 3.63) is 72.1 Å². The number of carbonyl (C=O) groups is 1. The summed E-state index contributed by atoms with van der Waals surface area (Å²) in [5.41, 5.74) is 0.985. The molecular formula is C26H23N5O5S. The predicted octanol–water partition coefficient (Wildman–Crippen LogP) is 5.34. The zero-order chi connectivity index (χ0) is 25.8. The summed E-state index contributed by atoms with van der Waals surface area (Å²) < 4.78 is 24.0. The number of nitrogens with one attached hydrogen (secondary N) is 1. The van der Waals surface area contributed by atoms with Crippen molar-refractivity contribution in [3.63, 3.8) is 0 Å². The average Bonchev–Trinajstić information content (AvgIpc) is 3.60. The minimum Gasteiger partial charge on any atom is -0.493 e. The van der Waals surface area contributed by atoms with Gasteiger partial charge in [0.05, 0.1) is 38.7 Å². The molecule has 0 radical (unpaired) electrons. The van der Waals surface area contributed by atoms with Gasteiger partial charge in [-0.25, -0.2) is 9.67 Å². The molecule has 1 amide bonds. The van der Waals surface area contributed by atoms with Crippen molar-refractivity contribution in [1.82, 2.24) is 19.7 Å². The van der Waals surface area contributed by atoms with Gasteiger partial charge in [-0.1, -0.05) is 0 Å². The second-order valence-corrected chi connectivity index (χ2v) is 8.55. The number of rotatable bonds is 9. The number of benzene rings is 1. The third kappa shape index (κ3) is 4.89. The Morgan fingerprint density at radius 3 is 2.54 bits per heavy atom. The monoisotopic (exact) mass is 517 g/mol. The van der Waals surface area contributed by atoms with Crippen molar-refractivity contribution in [2.45, 2.75) is 6.92 Å². The second kappa shape index (κ2) is 10.5. The number of hydrogen-bond donors (Lipinski definition) is 1. The van der Waals surface area contributed by atoms with E-state index in [4.69, 9.17) is 18.9 Å². The summed E-state index contributed by atoms with van der Waals surface area (Å²) in [6, 6.07) is 12.5. The number of nitrogens with zero attached hydrogens (tertiary/aromatic N) is 4. The molecule has 0 bridgehead atoms. The number of pyridine rings is 2. The number of ether oxygens (including phenoxy) is 4. The summed E-state index contributed by atoms with van der Waals surface area (Å²) in [5.74, 6) is 2.56. The molecule has 0 aliphatic carbocycles. The van der Waals surface area contributed by atoms with E-state index >= 15 is 0 Å². The van der Waals surface area contributed by atoms with Crippen LogP contribution in [0, 0.1) is 0 Å². The van der Waals surface area contributed by atoms with E-state index in [2.05, 4.69) is 20.4 Å². The third-order valence-electron chi connectivity index (χ3n) is 5.38. The first-order valence-corrected chi connectivity index (χ1v) is 12.2. The largest absolute Gasteiger partial charge is 0.493 e. The van der Waals surface area contributed by atoms with E-state index in [0.29, 0.717) is 52.4 Å². The average molecular weight is 518 g/mol. The summed E-state index contributed by atoms with van der Waals surface area (Å²) in [6.45, 7) is 2.26. The zero-order valence-electron chi connectivity index (χ0n) is 20.3. The second-order valence-electron chi connectivity index (χ2n) is 7.62. The Bertz CT molecular complexity index is 1530. The van der Waals surface area contributed by atoms with E-state index in [1.807, 2.05) is 30.5 Å². The van der Waals surface area contributed by atoms with Gasteiger partial charge in [0, 0.05) is 17.6 Å². The van der Waals surface area contributed by atoms with E-state index in [1.165, 1.54) is 23.7 Å². The van der Waals surface area contributed by atoms with E-state index < -0.39 is 5.91 Å². The fraction of sp³-hybridized carbons (Fsp3) is 0.154. The molecule has 11 heteroatoms. The van der Waals surface area contributed by atoms with Crippen LogP contribution in [0.3, 0.4) is 0 Å². The molecule has 0 aliphatic rings. The summed E-state index contributed by atoms with van der Waals surface area (Å²) >= 11 is 1.47. The van der Waals surface area contributed by atoms with Gasteiger partial charge in [0.25, 0.3) is 5.91 Å². The standard InChI is InChI=1S/C26H23N5O5S/c1-4-35-22-15-29-31(24-6-5-11-37-24)25(22)26(32)30-23-8-7-16(14-28-23)36-19-9-10-27-18-13-21(34-3)20(33-2)12-17(18)19/h5-15H,4H2,1-3H3,(H,28,30,32). The van der Waals surface area contributed by atoms with Crippen LogP contribution in [0.25, 0.3) is 15.9 Å². The number of fused-ring (bicyclic) bond motifs is 1. The van der Waals surface area contributed by atoms with Gasteiger partial charge < -0.3 is 24.3 Å². The molecule has 37 heavy (non-hydrogen) atoms. The fourth-order valence-electron chi connectivity index (χ4n) is 3.71. The Labute approximate surface area is 216 Å². The summed E-state index contributed by atoms with van der Waals surface area (Å²) in [7, 11) is 3.14. The van der Waals surface area contributed by atoms with Crippen LogP contribution in [0.4, 0.5) is 5.82 Å². The van der Waals surface area contributed by atoms with Gasteiger partial charge in [-0.3, -0.25) is 9.78 Å². The topological polar surface area (TPSA) is 110 Å². The van der Waals surface area contributed by atoms with Gasteiger partial charge in [-0.05, 0) is 48.7 Å². The number of carbonyl (C=O) groups excluding carboxylic acids is 1. The normalized spacial score (nSPS) is 10.8. The van der Waals surface area contributed by atoms with Gasteiger partial charge in [-0.2, -0.15) is 5.10 Å². The van der Waals surface area contributed by atoms with Gasteiger partial charge in [-0.15, -0.1) is 11.3 Å². The highest BCUT2D eigenvalue weighted by atomic mass is 32.1. The van der Waals surface area contributed by atoms with Gasteiger partial charge in [0.1, 0.15) is 22.3 Å². The van der Waals surface area contributed by atoms with E-state index in [1.54, 1.807) is 49.4 Å². The highest BCUT2D eigenvalue weighted by molar-refractivity contribution is 7.12. The number of amides is 1. The van der Waals surface area contributed by atoms with Crippen molar-refractivity contribution < 1.29 is 23.7 Å². The van der Waals surface area contributed by atoms with E-state index in [9.17, 15) is 4.79 Å². The third-order valence-corrected chi connectivity index (χ3v) is 6.22. The van der Waals surface area contributed by atoms with Crippen LogP contribution < -0.4 is 24.3 Å². The quantitative estimate of drug-likeness (QED) is 0.279. The number of aromatic nitrogens is 4. The molecule has 4 aromatic heterocycles. The van der Waals surface area contributed by atoms with Crippen molar-refractivity contribution in [2.24, 2.45) is 0 Å². The Morgan fingerprint density at radius 2 is 1.84 bits per heavy atom. The lowest BCUT2D eigenvalue weighted by molar-refractivity contribution is 0.101. The van der Waals surface area contributed by atoms with Gasteiger partial charge >= 0.3 is 0 Å². The van der Waals surface area contributed by atoms with Crippen molar-refractivity contribution >= 4 is 34.0 Å². The summed E-state index contributed by atoms with van der Waals surface area (Å²) in [4.78, 5) is 21.9. The number of hydrogen-bond acceptors (Lipinski definition) is 9. The molecule has 0 unspecified atom stereocenters.